The third-order valence-corrected chi connectivity index (χ3v) is 5.18. The van der Waals surface area contributed by atoms with Crippen LogP contribution >= 0.6 is 23.6 Å². The topological polar surface area (TPSA) is 113 Å². The van der Waals surface area contributed by atoms with E-state index in [1.807, 2.05) is 24.3 Å². The summed E-state index contributed by atoms with van der Waals surface area (Å²) >= 11 is 6.51. The molecule has 0 bridgehead atoms. The molecule has 1 aliphatic heterocycles. The highest BCUT2D eigenvalue weighted by molar-refractivity contribution is 7.73. The number of thiazole rings is 1. The van der Waals surface area contributed by atoms with Crippen LogP contribution in [0.1, 0.15) is 15.2 Å². The van der Waals surface area contributed by atoms with Crippen molar-refractivity contribution in [1.82, 2.24) is 4.57 Å². The van der Waals surface area contributed by atoms with Crippen LogP contribution in [-0.2, 0) is 0 Å². The Morgan fingerprint density at radius 1 is 1.19 bits per heavy atom. The Labute approximate surface area is 161 Å². The molecule has 7 nitrogen and oxygen atoms in total. The van der Waals surface area contributed by atoms with Crippen LogP contribution in [0.5, 0.6) is 5.88 Å². The molecule has 4 rings (SSSR count). The molecule has 4 N–H and O–H groups in total. The van der Waals surface area contributed by atoms with Crippen LogP contribution in [0.4, 0.5) is 5.69 Å². The Hall–Kier alpha value is -3.30. The first-order valence-corrected chi connectivity index (χ1v) is 8.98. The lowest BCUT2D eigenvalue weighted by Gasteiger charge is -2.07. The standard InChI is InChI=1S/C18H12N4O3S2/c19-10-5-9(17(24)25)6-11(7-10)22-16(23)14(27-18(22)26)8-15-20-12-3-1-2-4-13(12)21-15/h1-8,23H,19H2,(H,24,25). The number of nitrogens with zero attached hydrogens (tertiary/aromatic N) is 3. The Bertz CT molecular complexity index is 1270. The van der Waals surface area contributed by atoms with Gasteiger partial charge >= 0.3 is 5.97 Å². The number of para-hydroxylation sites is 2. The molecule has 27 heavy (non-hydrogen) atoms. The SMILES string of the molecule is Nc1cc(C(=O)O)cc(-n2c(O)c(C=C3N=c4ccccc4=N3)sc2=S)c1. The number of aromatic hydroxyl groups is 1. The molecule has 0 spiro atoms. The quantitative estimate of drug-likeness (QED) is 0.465. The number of anilines is 1. The zero-order valence-electron chi connectivity index (χ0n) is 13.7. The monoisotopic (exact) mass is 396 g/mol. The third-order valence-electron chi connectivity index (χ3n) is 3.87. The summed E-state index contributed by atoms with van der Waals surface area (Å²) in [5, 5.41) is 21.4. The van der Waals surface area contributed by atoms with E-state index in [0.29, 0.717) is 20.3 Å². The number of nitrogens with two attached hydrogens (primary N) is 1. The Kier molecular flexibility index (Phi) is 4.09. The molecule has 0 saturated heterocycles. The van der Waals surface area contributed by atoms with Gasteiger partial charge in [0.2, 0.25) is 5.88 Å². The number of nitrogen functional groups attached to an aromatic ring is 1. The molecule has 1 aliphatic rings. The van der Waals surface area contributed by atoms with Gasteiger partial charge in [0.15, 0.2) is 9.78 Å². The third kappa shape index (κ3) is 3.14. The average Bonchev–Trinajstić information content (AvgIpc) is 3.14. The zero-order valence-corrected chi connectivity index (χ0v) is 15.3. The fourth-order valence-electron chi connectivity index (χ4n) is 2.70. The van der Waals surface area contributed by atoms with Crippen molar-refractivity contribution in [2.24, 2.45) is 9.98 Å². The van der Waals surface area contributed by atoms with Crippen molar-refractivity contribution in [1.29, 1.82) is 0 Å². The molecule has 9 heteroatoms. The molecule has 2 heterocycles. The van der Waals surface area contributed by atoms with E-state index < -0.39 is 5.97 Å². The first-order valence-electron chi connectivity index (χ1n) is 7.75. The molecular formula is C18H12N4O3S2. The van der Waals surface area contributed by atoms with E-state index in [2.05, 4.69) is 9.98 Å². The summed E-state index contributed by atoms with van der Waals surface area (Å²) in [4.78, 5) is 20.5. The molecule has 1 aromatic heterocycles. The predicted molar refractivity (Wildman–Crippen MR) is 104 cm³/mol. The van der Waals surface area contributed by atoms with Gasteiger partial charge in [-0.2, -0.15) is 0 Å². The van der Waals surface area contributed by atoms with Crippen LogP contribution in [-0.4, -0.2) is 20.7 Å². The highest BCUT2D eigenvalue weighted by Gasteiger charge is 2.16. The minimum Gasteiger partial charge on any atom is -0.493 e. The van der Waals surface area contributed by atoms with E-state index in [1.54, 1.807) is 12.1 Å². The lowest BCUT2D eigenvalue weighted by Crippen LogP contribution is -2.19. The van der Waals surface area contributed by atoms with E-state index in [9.17, 15) is 15.0 Å². The molecule has 0 saturated carbocycles. The normalized spacial score (nSPS) is 12.2. The van der Waals surface area contributed by atoms with E-state index in [4.69, 9.17) is 18.0 Å². The minimum atomic E-state index is -1.12. The number of hydrogen-bond donors (Lipinski definition) is 3. The molecular weight excluding hydrogens is 384 g/mol. The average molecular weight is 396 g/mol. The number of hydrogen-bond acceptors (Lipinski definition) is 7. The lowest BCUT2D eigenvalue weighted by atomic mass is 10.1. The number of rotatable bonds is 3. The number of carboxylic acid groups (broad SMARTS) is 1. The first-order chi connectivity index (χ1) is 12.9. The highest BCUT2D eigenvalue weighted by Crippen LogP contribution is 2.32. The second-order valence-corrected chi connectivity index (χ2v) is 7.40. The fraction of sp³-hybridized carbons (Fsp3) is 0. The molecule has 0 amide bonds. The second kappa shape index (κ2) is 6.45. The van der Waals surface area contributed by atoms with Crippen molar-refractivity contribution in [2.45, 2.75) is 0 Å². The molecule has 0 radical (unpaired) electrons. The largest absolute Gasteiger partial charge is 0.493 e. The summed E-state index contributed by atoms with van der Waals surface area (Å²) in [6, 6.07) is 11.7. The van der Waals surface area contributed by atoms with Crippen molar-refractivity contribution >= 4 is 41.3 Å². The first kappa shape index (κ1) is 17.1. The van der Waals surface area contributed by atoms with Crippen LogP contribution in [0.25, 0.3) is 11.8 Å². The van der Waals surface area contributed by atoms with E-state index in [0.717, 1.165) is 22.1 Å². The number of carboxylic acids is 1. The Morgan fingerprint density at radius 2 is 1.85 bits per heavy atom. The second-order valence-electron chi connectivity index (χ2n) is 5.72. The van der Waals surface area contributed by atoms with Crippen LogP contribution in [0, 0.1) is 3.95 Å². The maximum atomic E-state index is 11.3. The van der Waals surface area contributed by atoms with Crippen LogP contribution < -0.4 is 16.4 Å². The van der Waals surface area contributed by atoms with Crippen LogP contribution in [0.3, 0.4) is 0 Å². The van der Waals surface area contributed by atoms with E-state index in [-0.39, 0.29) is 17.1 Å². The zero-order chi connectivity index (χ0) is 19.1. The van der Waals surface area contributed by atoms with Gasteiger partial charge in [0, 0.05) is 11.8 Å². The molecule has 134 valence electrons. The number of aromatic carboxylic acids is 1. The summed E-state index contributed by atoms with van der Waals surface area (Å²) in [6.07, 6.45) is 1.64. The van der Waals surface area contributed by atoms with Crippen LogP contribution in [0.2, 0.25) is 0 Å². The van der Waals surface area contributed by atoms with Gasteiger partial charge in [-0.1, -0.05) is 12.1 Å². The van der Waals surface area contributed by atoms with Crippen molar-refractivity contribution in [3.8, 4) is 11.6 Å². The number of aromatic nitrogens is 1. The van der Waals surface area contributed by atoms with Crippen molar-refractivity contribution < 1.29 is 15.0 Å². The van der Waals surface area contributed by atoms with Crippen molar-refractivity contribution in [2.75, 3.05) is 5.73 Å². The van der Waals surface area contributed by atoms with Gasteiger partial charge in [0.05, 0.1) is 26.8 Å². The van der Waals surface area contributed by atoms with Gasteiger partial charge in [-0.05, 0) is 42.5 Å². The summed E-state index contributed by atoms with van der Waals surface area (Å²) in [5.74, 6) is -0.789. The maximum absolute atomic E-state index is 11.3. The van der Waals surface area contributed by atoms with Gasteiger partial charge in [0.25, 0.3) is 0 Å². The van der Waals surface area contributed by atoms with E-state index >= 15 is 0 Å². The summed E-state index contributed by atoms with van der Waals surface area (Å²) in [6.45, 7) is 0. The molecule has 0 aliphatic carbocycles. The van der Waals surface area contributed by atoms with Gasteiger partial charge in [0.1, 0.15) is 0 Å². The lowest BCUT2D eigenvalue weighted by molar-refractivity contribution is 0.0697. The summed E-state index contributed by atoms with van der Waals surface area (Å²) in [5.41, 5.74) is 6.43. The summed E-state index contributed by atoms with van der Waals surface area (Å²) < 4.78 is 1.72. The van der Waals surface area contributed by atoms with Crippen LogP contribution in [0.15, 0.2) is 58.3 Å². The summed E-state index contributed by atoms with van der Waals surface area (Å²) in [7, 11) is 0. The molecule has 2 aromatic carbocycles. The molecule has 0 unspecified atom stereocenters. The van der Waals surface area contributed by atoms with Crippen molar-refractivity contribution in [3.63, 3.8) is 0 Å². The Balaban J connectivity index is 1.83. The van der Waals surface area contributed by atoms with Crippen molar-refractivity contribution in [3.05, 3.63) is 73.4 Å². The molecule has 3 aromatic rings. The number of fused-ring (bicyclic) bond motifs is 1. The van der Waals surface area contributed by atoms with Gasteiger partial charge in [-0.3, -0.25) is 4.57 Å². The van der Waals surface area contributed by atoms with E-state index in [1.165, 1.54) is 16.7 Å². The van der Waals surface area contributed by atoms with Gasteiger partial charge in [-0.15, -0.1) is 11.3 Å². The minimum absolute atomic E-state index is 0.00801. The number of benzene rings is 2. The highest BCUT2D eigenvalue weighted by atomic mass is 32.1. The van der Waals surface area contributed by atoms with Gasteiger partial charge < -0.3 is 15.9 Å². The smallest absolute Gasteiger partial charge is 0.335 e. The van der Waals surface area contributed by atoms with Gasteiger partial charge in [-0.25, -0.2) is 14.8 Å². The molecule has 0 atom stereocenters. The number of carbonyl (C=O) groups is 1. The fourth-order valence-corrected chi connectivity index (χ4v) is 3.98. The maximum Gasteiger partial charge on any atom is 0.335 e. The molecule has 0 fully saturated rings. The Morgan fingerprint density at radius 3 is 2.48 bits per heavy atom. The predicted octanol–water partition coefficient (Wildman–Crippen LogP) is 2.51.